The van der Waals surface area contributed by atoms with Gasteiger partial charge in [-0.05, 0) is 19.1 Å². The van der Waals surface area contributed by atoms with Crippen molar-refractivity contribution in [1.29, 1.82) is 0 Å². The number of nitrogen functional groups attached to an aromatic ring is 1. The smallest absolute Gasteiger partial charge is 0.397 e. The second-order valence-electron chi connectivity index (χ2n) is 4.17. The first-order valence-corrected chi connectivity index (χ1v) is 5.32. The standard InChI is InChI=1S/C11H10F3N3O2/c1-4-9(18)17-8-6(10(19)16-4)2-5(3-7(8)15)11(12,13)14/h2-4H,15H2,1H3,(H,16,19)(H,17,18)/t4-/m0/s1. The molecule has 19 heavy (non-hydrogen) atoms. The van der Waals surface area contributed by atoms with Gasteiger partial charge in [0, 0.05) is 0 Å². The van der Waals surface area contributed by atoms with E-state index in [1.165, 1.54) is 6.92 Å². The van der Waals surface area contributed by atoms with E-state index in [0.29, 0.717) is 12.1 Å². The molecule has 8 heteroatoms. The molecule has 4 N–H and O–H groups in total. The summed E-state index contributed by atoms with van der Waals surface area (Å²) in [5.41, 5.74) is 3.74. The highest BCUT2D eigenvalue weighted by molar-refractivity contribution is 6.12. The van der Waals surface area contributed by atoms with Crippen molar-refractivity contribution < 1.29 is 22.8 Å². The van der Waals surface area contributed by atoms with Gasteiger partial charge in [-0.15, -0.1) is 0 Å². The molecule has 0 aromatic heterocycles. The summed E-state index contributed by atoms with van der Waals surface area (Å²) in [5, 5.41) is 4.61. The number of amides is 2. The van der Waals surface area contributed by atoms with E-state index in [2.05, 4.69) is 10.6 Å². The minimum Gasteiger partial charge on any atom is -0.397 e. The molecule has 2 rings (SSSR count). The number of benzene rings is 1. The van der Waals surface area contributed by atoms with Crippen LogP contribution in [0.4, 0.5) is 24.5 Å². The minimum absolute atomic E-state index is 0.0974. The van der Waals surface area contributed by atoms with E-state index in [9.17, 15) is 22.8 Å². The lowest BCUT2D eigenvalue weighted by molar-refractivity contribution is -0.137. The molecule has 1 aliphatic heterocycles. The molecule has 1 aromatic rings. The Morgan fingerprint density at radius 2 is 1.89 bits per heavy atom. The molecule has 5 nitrogen and oxygen atoms in total. The van der Waals surface area contributed by atoms with E-state index in [1.807, 2.05) is 0 Å². The molecule has 0 saturated carbocycles. The fraction of sp³-hybridized carbons (Fsp3) is 0.273. The molecule has 1 heterocycles. The first-order valence-electron chi connectivity index (χ1n) is 5.32. The van der Waals surface area contributed by atoms with Crippen LogP contribution in [0.25, 0.3) is 0 Å². The second-order valence-corrected chi connectivity index (χ2v) is 4.17. The van der Waals surface area contributed by atoms with Crippen LogP contribution in [-0.2, 0) is 11.0 Å². The summed E-state index contributed by atoms with van der Waals surface area (Å²) in [4.78, 5) is 23.3. The van der Waals surface area contributed by atoms with Crippen molar-refractivity contribution in [3.05, 3.63) is 23.3 Å². The number of carbonyl (C=O) groups is 2. The van der Waals surface area contributed by atoms with Crippen molar-refractivity contribution in [3.63, 3.8) is 0 Å². The largest absolute Gasteiger partial charge is 0.416 e. The summed E-state index contributed by atoms with van der Waals surface area (Å²) in [6.07, 6.45) is -4.62. The lowest BCUT2D eigenvalue weighted by atomic mass is 10.1. The van der Waals surface area contributed by atoms with Gasteiger partial charge in [0.25, 0.3) is 5.91 Å². The van der Waals surface area contributed by atoms with Crippen LogP contribution in [0.5, 0.6) is 0 Å². The van der Waals surface area contributed by atoms with Crippen LogP contribution < -0.4 is 16.4 Å². The van der Waals surface area contributed by atoms with Gasteiger partial charge in [-0.3, -0.25) is 9.59 Å². The quantitative estimate of drug-likeness (QED) is 0.624. The molecular weight excluding hydrogens is 263 g/mol. The number of nitrogens with two attached hydrogens (primary N) is 1. The van der Waals surface area contributed by atoms with Gasteiger partial charge in [0.1, 0.15) is 6.04 Å². The molecule has 1 atom stereocenters. The molecule has 0 bridgehead atoms. The number of halogens is 3. The van der Waals surface area contributed by atoms with Gasteiger partial charge in [-0.25, -0.2) is 0 Å². The van der Waals surface area contributed by atoms with Crippen molar-refractivity contribution in [3.8, 4) is 0 Å². The van der Waals surface area contributed by atoms with Crippen LogP contribution in [0, 0.1) is 0 Å². The maximum atomic E-state index is 12.6. The number of hydrogen-bond donors (Lipinski definition) is 3. The van der Waals surface area contributed by atoms with Gasteiger partial charge in [-0.2, -0.15) is 13.2 Å². The van der Waals surface area contributed by atoms with E-state index >= 15 is 0 Å². The van der Waals surface area contributed by atoms with Crippen LogP contribution in [0.3, 0.4) is 0 Å². The fourth-order valence-electron chi connectivity index (χ4n) is 1.72. The average Bonchev–Trinajstić information content (AvgIpc) is 2.38. The average molecular weight is 273 g/mol. The SMILES string of the molecule is C[C@@H]1NC(=O)c2cc(C(F)(F)F)cc(N)c2NC1=O. The zero-order valence-electron chi connectivity index (χ0n) is 9.76. The topological polar surface area (TPSA) is 84.2 Å². The number of rotatable bonds is 0. The number of fused-ring (bicyclic) bond motifs is 1. The Morgan fingerprint density at radius 1 is 1.26 bits per heavy atom. The van der Waals surface area contributed by atoms with Gasteiger partial charge in [0.15, 0.2) is 0 Å². The molecule has 2 amide bonds. The Kier molecular flexibility index (Phi) is 2.88. The zero-order chi connectivity index (χ0) is 14.4. The minimum atomic E-state index is -4.62. The normalized spacial score (nSPS) is 19.3. The lowest BCUT2D eigenvalue weighted by Gasteiger charge is -2.13. The zero-order valence-corrected chi connectivity index (χ0v) is 9.76. The highest BCUT2D eigenvalue weighted by Gasteiger charge is 2.34. The summed E-state index contributed by atoms with van der Waals surface area (Å²) >= 11 is 0. The Balaban J connectivity index is 2.61. The summed E-state index contributed by atoms with van der Waals surface area (Å²) in [7, 11) is 0. The molecule has 0 radical (unpaired) electrons. The van der Waals surface area contributed by atoms with Crippen molar-refractivity contribution in [1.82, 2.24) is 5.32 Å². The highest BCUT2D eigenvalue weighted by Crippen LogP contribution is 2.36. The molecule has 0 unspecified atom stereocenters. The van der Waals surface area contributed by atoms with Gasteiger partial charge in [0.2, 0.25) is 5.91 Å². The molecular formula is C11H10F3N3O2. The van der Waals surface area contributed by atoms with E-state index in [1.54, 1.807) is 0 Å². The van der Waals surface area contributed by atoms with Gasteiger partial charge in [-0.1, -0.05) is 0 Å². The maximum absolute atomic E-state index is 12.6. The highest BCUT2D eigenvalue weighted by atomic mass is 19.4. The van der Waals surface area contributed by atoms with Crippen LogP contribution in [-0.4, -0.2) is 17.9 Å². The third-order valence-electron chi connectivity index (χ3n) is 2.73. The Hall–Kier alpha value is -2.25. The number of alkyl halides is 3. The van der Waals surface area contributed by atoms with E-state index in [4.69, 9.17) is 5.73 Å². The Bertz CT molecular complexity index is 569. The van der Waals surface area contributed by atoms with E-state index < -0.39 is 29.6 Å². The van der Waals surface area contributed by atoms with Crippen molar-refractivity contribution >= 4 is 23.2 Å². The van der Waals surface area contributed by atoms with Crippen molar-refractivity contribution in [2.24, 2.45) is 0 Å². The lowest BCUT2D eigenvalue weighted by Crippen LogP contribution is -2.38. The molecule has 102 valence electrons. The molecule has 1 aromatic carbocycles. The predicted molar refractivity (Wildman–Crippen MR) is 61.4 cm³/mol. The number of carbonyl (C=O) groups excluding carboxylic acids is 2. The molecule has 0 spiro atoms. The van der Waals surface area contributed by atoms with Gasteiger partial charge in [0.05, 0.1) is 22.5 Å². The van der Waals surface area contributed by atoms with E-state index in [0.717, 1.165) is 0 Å². The summed E-state index contributed by atoms with van der Waals surface area (Å²) in [5.74, 6) is -1.32. The van der Waals surface area contributed by atoms with Gasteiger partial charge >= 0.3 is 6.18 Å². The van der Waals surface area contributed by atoms with Gasteiger partial charge < -0.3 is 16.4 Å². The van der Waals surface area contributed by atoms with Crippen molar-refractivity contribution in [2.75, 3.05) is 11.1 Å². The maximum Gasteiger partial charge on any atom is 0.416 e. The van der Waals surface area contributed by atoms with E-state index in [-0.39, 0.29) is 16.9 Å². The Morgan fingerprint density at radius 3 is 2.47 bits per heavy atom. The van der Waals surface area contributed by atoms with Crippen LogP contribution in [0.2, 0.25) is 0 Å². The first kappa shape index (κ1) is 13.2. The molecule has 0 aliphatic carbocycles. The van der Waals surface area contributed by atoms with Crippen LogP contribution in [0.15, 0.2) is 12.1 Å². The fourth-order valence-corrected chi connectivity index (χ4v) is 1.72. The number of anilines is 2. The number of hydrogen-bond acceptors (Lipinski definition) is 3. The van der Waals surface area contributed by atoms with Crippen LogP contribution in [0.1, 0.15) is 22.8 Å². The Labute approximate surface area is 106 Å². The number of nitrogens with one attached hydrogen (secondary N) is 2. The summed E-state index contributed by atoms with van der Waals surface area (Å²) in [6, 6.07) is 0.496. The third-order valence-corrected chi connectivity index (χ3v) is 2.73. The molecule has 0 saturated heterocycles. The summed E-state index contributed by atoms with van der Waals surface area (Å²) in [6.45, 7) is 1.42. The molecule has 1 aliphatic rings. The third kappa shape index (κ3) is 2.33. The molecule has 0 fully saturated rings. The monoisotopic (exact) mass is 273 g/mol. The second kappa shape index (κ2) is 4.15. The van der Waals surface area contributed by atoms with Crippen molar-refractivity contribution in [2.45, 2.75) is 19.1 Å². The van der Waals surface area contributed by atoms with Crippen LogP contribution >= 0.6 is 0 Å². The first-order chi connectivity index (χ1) is 8.70. The predicted octanol–water partition coefficient (Wildman–Crippen LogP) is 1.36. The summed E-state index contributed by atoms with van der Waals surface area (Å²) < 4.78 is 37.9.